The van der Waals surface area contributed by atoms with Gasteiger partial charge >= 0.3 is 0 Å². The Labute approximate surface area is 84.3 Å². The zero-order valence-electron chi connectivity index (χ0n) is 9.00. The molecule has 1 amide bonds. The highest BCUT2D eigenvalue weighted by molar-refractivity contribution is 5.78. The number of nitrogens with zero attached hydrogens (tertiary/aromatic N) is 2. The van der Waals surface area contributed by atoms with Crippen LogP contribution in [0.4, 0.5) is 0 Å². The minimum absolute atomic E-state index is 0.152. The first-order chi connectivity index (χ1) is 6.67. The van der Waals surface area contributed by atoms with Crippen LogP contribution < -0.4 is 0 Å². The van der Waals surface area contributed by atoms with Gasteiger partial charge in [0, 0.05) is 25.0 Å². The monoisotopic (exact) mass is 195 g/mol. The predicted octanol–water partition coefficient (Wildman–Crippen LogP) is 1.13. The molecule has 0 aromatic carbocycles. The lowest BCUT2D eigenvalue weighted by Crippen LogP contribution is -2.31. The number of hydrogen-bond donors (Lipinski definition) is 1. The fraction of sp³-hybridized carbons (Fsp3) is 0.600. The molecule has 1 aromatic rings. The molecule has 78 valence electrons. The van der Waals surface area contributed by atoms with Crippen LogP contribution in [-0.2, 0) is 11.2 Å². The van der Waals surface area contributed by atoms with Crippen molar-refractivity contribution in [2.24, 2.45) is 0 Å². The Morgan fingerprint density at radius 1 is 1.50 bits per heavy atom. The van der Waals surface area contributed by atoms with Gasteiger partial charge in [-0.3, -0.25) is 4.79 Å². The van der Waals surface area contributed by atoms with E-state index in [9.17, 15) is 4.79 Å². The zero-order valence-corrected chi connectivity index (χ0v) is 9.00. The molecule has 14 heavy (non-hydrogen) atoms. The first-order valence-corrected chi connectivity index (χ1v) is 4.95. The van der Waals surface area contributed by atoms with Gasteiger partial charge in [0.2, 0.25) is 5.91 Å². The van der Waals surface area contributed by atoms with Crippen LogP contribution in [0.5, 0.6) is 0 Å². The summed E-state index contributed by atoms with van der Waals surface area (Å²) in [7, 11) is 0. The number of imidazole rings is 1. The molecule has 4 heteroatoms. The van der Waals surface area contributed by atoms with E-state index in [1.807, 2.05) is 25.7 Å². The van der Waals surface area contributed by atoms with Crippen molar-refractivity contribution in [1.82, 2.24) is 14.9 Å². The fourth-order valence-electron chi connectivity index (χ4n) is 1.41. The normalized spacial score (nSPS) is 10.2. The molecule has 0 aliphatic rings. The smallest absolute Gasteiger partial charge is 0.228 e. The van der Waals surface area contributed by atoms with Gasteiger partial charge in [-0.15, -0.1) is 0 Å². The van der Waals surface area contributed by atoms with Crippen LogP contribution in [0.2, 0.25) is 0 Å². The van der Waals surface area contributed by atoms with Gasteiger partial charge in [0.05, 0.1) is 6.42 Å². The topological polar surface area (TPSA) is 49.0 Å². The summed E-state index contributed by atoms with van der Waals surface area (Å²) in [4.78, 5) is 20.6. The number of aromatic amines is 1. The molecule has 1 aromatic heterocycles. The third-order valence-electron chi connectivity index (χ3n) is 2.21. The van der Waals surface area contributed by atoms with Crippen molar-refractivity contribution < 1.29 is 4.79 Å². The van der Waals surface area contributed by atoms with Crippen LogP contribution in [0.3, 0.4) is 0 Å². The molecule has 0 bridgehead atoms. The molecule has 0 aliphatic carbocycles. The lowest BCUT2D eigenvalue weighted by molar-refractivity contribution is -0.130. The highest BCUT2D eigenvalue weighted by Gasteiger charge is 2.10. The van der Waals surface area contributed by atoms with E-state index in [-0.39, 0.29) is 5.91 Å². The Morgan fingerprint density at radius 2 is 2.14 bits per heavy atom. The molecule has 1 rings (SSSR count). The van der Waals surface area contributed by atoms with Crippen LogP contribution in [0.25, 0.3) is 0 Å². The van der Waals surface area contributed by atoms with E-state index in [1.165, 1.54) is 0 Å². The largest absolute Gasteiger partial charge is 0.346 e. The van der Waals surface area contributed by atoms with Gasteiger partial charge in [-0.2, -0.15) is 0 Å². The second-order valence-electron chi connectivity index (χ2n) is 3.24. The maximum absolute atomic E-state index is 11.7. The van der Waals surface area contributed by atoms with E-state index in [1.54, 1.807) is 6.20 Å². The molecule has 0 unspecified atom stereocenters. The van der Waals surface area contributed by atoms with Gasteiger partial charge in [-0.25, -0.2) is 4.98 Å². The van der Waals surface area contributed by atoms with Crippen molar-refractivity contribution in [1.29, 1.82) is 0 Å². The summed E-state index contributed by atoms with van der Waals surface area (Å²) in [5, 5.41) is 0. The number of aryl methyl sites for hydroxylation is 1. The van der Waals surface area contributed by atoms with Gasteiger partial charge in [0.25, 0.3) is 0 Å². The average molecular weight is 195 g/mol. The molecule has 0 spiro atoms. The molecule has 0 atom stereocenters. The van der Waals surface area contributed by atoms with Gasteiger partial charge in [0.1, 0.15) is 5.82 Å². The molecule has 0 fully saturated rings. The average Bonchev–Trinajstić information content (AvgIpc) is 2.53. The summed E-state index contributed by atoms with van der Waals surface area (Å²) in [5.41, 5.74) is 0.888. The van der Waals surface area contributed by atoms with Crippen LogP contribution in [0.15, 0.2) is 6.20 Å². The van der Waals surface area contributed by atoms with Gasteiger partial charge < -0.3 is 9.88 Å². The van der Waals surface area contributed by atoms with E-state index < -0.39 is 0 Å². The maximum Gasteiger partial charge on any atom is 0.228 e. The number of likely N-dealkylation sites (N-methyl/N-ethyl adjacent to an activating group) is 1. The first-order valence-electron chi connectivity index (χ1n) is 4.95. The van der Waals surface area contributed by atoms with Crippen LogP contribution in [-0.4, -0.2) is 33.9 Å². The van der Waals surface area contributed by atoms with Crippen molar-refractivity contribution in [3.05, 3.63) is 17.7 Å². The summed E-state index contributed by atoms with van der Waals surface area (Å²) in [6, 6.07) is 0. The van der Waals surface area contributed by atoms with Crippen molar-refractivity contribution in [3.8, 4) is 0 Å². The number of amides is 1. The van der Waals surface area contributed by atoms with Crippen LogP contribution in [0, 0.1) is 6.92 Å². The molecule has 0 aliphatic heterocycles. The van der Waals surface area contributed by atoms with E-state index in [4.69, 9.17) is 0 Å². The van der Waals surface area contributed by atoms with Gasteiger partial charge in [0.15, 0.2) is 0 Å². The summed E-state index contributed by atoms with van der Waals surface area (Å²) in [5.74, 6) is 1.01. The maximum atomic E-state index is 11.7. The number of rotatable bonds is 4. The summed E-state index contributed by atoms with van der Waals surface area (Å²) in [6.07, 6.45) is 2.14. The van der Waals surface area contributed by atoms with Crippen LogP contribution >= 0.6 is 0 Å². The third kappa shape index (κ3) is 2.58. The van der Waals surface area contributed by atoms with E-state index in [0.29, 0.717) is 6.42 Å². The quantitative estimate of drug-likeness (QED) is 0.783. The number of carbonyl (C=O) groups excluding carboxylic acids is 1. The lowest BCUT2D eigenvalue weighted by atomic mass is 10.3. The minimum Gasteiger partial charge on any atom is -0.346 e. The van der Waals surface area contributed by atoms with Crippen molar-refractivity contribution in [2.45, 2.75) is 27.2 Å². The molecule has 4 nitrogen and oxygen atoms in total. The molecule has 0 radical (unpaired) electrons. The predicted molar refractivity (Wildman–Crippen MR) is 55.0 cm³/mol. The Hall–Kier alpha value is -1.32. The first kappa shape index (κ1) is 10.8. The van der Waals surface area contributed by atoms with Crippen molar-refractivity contribution in [2.75, 3.05) is 13.1 Å². The second kappa shape index (κ2) is 4.79. The number of hydrogen-bond acceptors (Lipinski definition) is 2. The third-order valence-corrected chi connectivity index (χ3v) is 2.21. The number of carbonyl (C=O) groups is 1. The highest BCUT2D eigenvalue weighted by atomic mass is 16.2. The van der Waals surface area contributed by atoms with E-state index >= 15 is 0 Å². The fourth-order valence-corrected chi connectivity index (χ4v) is 1.41. The SMILES string of the molecule is CCN(CC)C(=O)Cc1cnc(C)[nH]1. The molecule has 0 saturated heterocycles. The molecule has 1 heterocycles. The Bertz CT molecular complexity index is 302. The molecular formula is C10H17N3O. The summed E-state index contributed by atoms with van der Waals surface area (Å²) < 4.78 is 0. The van der Waals surface area contributed by atoms with Crippen molar-refractivity contribution >= 4 is 5.91 Å². The van der Waals surface area contributed by atoms with Gasteiger partial charge in [-0.1, -0.05) is 0 Å². The number of aromatic nitrogens is 2. The summed E-state index contributed by atoms with van der Waals surface area (Å²) in [6.45, 7) is 7.38. The molecular weight excluding hydrogens is 178 g/mol. The number of nitrogens with one attached hydrogen (secondary N) is 1. The van der Waals surface area contributed by atoms with E-state index in [2.05, 4.69) is 9.97 Å². The van der Waals surface area contributed by atoms with Crippen molar-refractivity contribution in [3.63, 3.8) is 0 Å². The summed E-state index contributed by atoms with van der Waals surface area (Å²) >= 11 is 0. The van der Waals surface area contributed by atoms with E-state index in [0.717, 1.165) is 24.6 Å². The zero-order chi connectivity index (χ0) is 10.6. The molecule has 1 N–H and O–H groups in total. The Morgan fingerprint density at radius 3 is 2.57 bits per heavy atom. The highest BCUT2D eigenvalue weighted by Crippen LogP contribution is 2.00. The standard InChI is InChI=1S/C10H17N3O/c1-4-13(5-2)10(14)6-9-7-11-8(3)12-9/h7H,4-6H2,1-3H3,(H,11,12). The Kier molecular flexibility index (Phi) is 3.68. The number of H-pyrrole nitrogens is 1. The lowest BCUT2D eigenvalue weighted by Gasteiger charge is -2.17. The second-order valence-corrected chi connectivity index (χ2v) is 3.24. The van der Waals surface area contributed by atoms with Gasteiger partial charge in [-0.05, 0) is 20.8 Å². The molecule has 0 saturated carbocycles. The Balaban J connectivity index is 2.56. The minimum atomic E-state index is 0.152. The van der Waals surface area contributed by atoms with Crippen LogP contribution in [0.1, 0.15) is 25.4 Å².